The van der Waals surface area contributed by atoms with Crippen LogP contribution in [0.1, 0.15) is 0 Å². The van der Waals surface area contributed by atoms with E-state index in [0.717, 1.165) is 0 Å². The van der Waals surface area contributed by atoms with Gasteiger partial charge in [0, 0.05) is 0 Å². The molecule has 7 nitrogen and oxygen atoms in total. The number of aliphatic hydroxyl groups is 3. The van der Waals surface area contributed by atoms with Crippen molar-refractivity contribution in [3.8, 4) is 0 Å². The molecule has 0 aliphatic rings. The second-order valence-corrected chi connectivity index (χ2v) is 3.34. The number of aliphatic hydroxyl groups excluding tert-OH is 3. The second-order valence-electron chi connectivity index (χ2n) is 2.10. The summed E-state index contributed by atoms with van der Waals surface area (Å²) in [6.07, 6.45) is -2.97. The van der Waals surface area contributed by atoms with E-state index in [9.17, 15) is 4.57 Å². The highest BCUT2D eigenvalue weighted by Crippen LogP contribution is 2.35. The Labute approximate surface area is 68.5 Å². The Balaban J connectivity index is 3.71. The summed E-state index contributed by atoms with van der Waals surface area (Å²) in [5, 5.41) is 25.8. The third-order valence-corrected chi connectivity index (χ3v) is 1.53. The van der Waals surface area contributed by atoms with Crippen molar-refractivity contribution in [1.82, 2.24) is 0 Å². The molecule has 0 unspecified atom stereocenters. The molecule has 0 spiro atoms. The van der Waals surface area contributed by atoms with Crippen LogP contribution in [0.3, 0.4) is 0 Å². The molecule has 0 aromatic carbocycles. The van der Waals surface area contributed by atoms with Gasteiger partial charge in [-0.25, -0.2) is 4.57 Å². The third kappa shape index (κ3) is 5.62. The van der Waals surface area contributed by atoms with Gasteiger partial charge in [-0.15, -0.1) is 0 Å². The van der Waals surface area contributed by atoms with Crippen LogP contribution < -0.4 is 0 Å². The molecule has 74 valence electrons. The first-order valence-electron chi connectivity index (χ1n) is 3.04. The van der Waals surface area contributed by atoms with E-state index in [1.807, 2.05) is 0 Å². The molecule has 0 saturated heterocycles. The maximum absolute atomic E-state index is 10.1. The normalized spacial score (nSPS) is 17.4. The quantitative estimate of drug-likeness (QED) is 0.320. The maximum atomic E-state index is 10.1. The first-order chi connectivity index (χ1) is 5.37. The van der Waals surface area contributed by atoms with Crippen molar-refractivity contribution < 1.29 is 34.2 Å². The summed E-state index contributed by atoms with van der Waals surface area (Å²) in [6, 6.07) is 0. The van der Waals surface area contributed by atoms with Crippen LogP contribution in [0.15, 0.2) is 0 Å². The summed E-state index contributed by atoms with van der Waals surface area (Å²) in [5.74, 6) is 0. The van der Waals surface area contributed by atoms with Gasteiger partial charge in [-0.1, -0.05) is 0 Å². The van der Waals surface area contributed by atoms with E-state index in [1.54, 1.807) is 0 Å². The molecule has 0 saturated carbocycles. The SMILES string of the molecule is O=P(O)(O)OC[C@H](O)[C@@H](O)CO. The predicted molar refractivity (Wildman–Crippen MR) is 37.1 cm³/mol. The summed E-state index contributed by atoms with van der Waals surface area (Å²) in [7, 11) is -4.62. The van der Waals surface area contributed by atoms with Crippen LogP contribution in [0.25, 0.3) is 0 Å². The zero-order valence-electron chi connectivity index (χ0n) is 6.07. The lowest BCUT2D eigenvalue weighted by molar-refractivity contribution is -0.0381. The molecule has 8 heteroatoms. The minimum absolute atomic E-state index is 0.703. The lowest BCUT2D eigenvalue weighted by atomic mass is 10.2. The molecule has 0 aliphatic heterocycles. The van der Waals surface area contributed by atoms with Crippen molar-refractivity contribution >= 4 is 7.82 Å². The topological polar surface area (TPSA) is 127 Å². The van der Waals surface area contributed by atoms with Crippen LogP contribution in [0.4, 0.5) is 0 Å². The van der Waals surface area contributed by atoms with Crippen LogP contribution in [-0.4, -0.2) is 50.5 Å². The van der Waals surface area contributed by atoms with E-state index in [0.29, 0.717) is 0 Å². The second kappa shape index (κ2) is 4.88. The maximum Gasteiger partial charge on any atom is 0.469 e. The molecule has 12 heavy (non-hydrogen) atoms. The Morgan fingerprint density at radius 2 is 1.75 bits per heavy atom. The van der Waals surface area contributed by atoms with Crippen molar-refractivity contribution in [2.75, 3.05) is 13.2 Å². The van der Waals surface area contributed by atoms with Crippen molar-refractivity contribution in [3.63, 3.8) is 0 Å². The monoisotopic (exact) mass is 202 g/mol. The van der Waals surface area contributed by atoms with Crippen LogP contribution in [0.2, 0.25) is 0 Å². The van der Waals surface area contributed by atoms with Crippen molar-refractivity contribution in [2.24, 2.45) is 0 Å². The number of phosphoric acid groups is 1. The fraction of sp³-hybridized carbons (Fsp3) is 1.00. The van der Waals surface area contributed by atoms with Crippen LogP contribution in [0.5, 0.6) is 0 Å². The highest BCUT2D eigenvalue weighted by atomic mass is 31.2. The molecule has 0 aromatic heterocycles. The van der Waals surface area contributed by atoms with E-state index in [4.69, 9.17) is 25.1 Å². The Morgan fingerprint density at radius 1 is 1.25 bits per heavy atom. The van der Waals surface area contributed by atoms with Gasteiger partial charge in [0.2, 0.25) is 0 Å². The summed E-state index contributed by atoms with van der Waals surface area (Å²) in [6.45, 7) is -1.43. The molecule has 0 aromatic rings. The summed E-state index contributed by atoms with van der Waals surface area (Å²) < 4.78 is 13.9. The molecular formula is C4H11O7P. The first-order valence-corrected chi connectivity index (χ1v) is 4.57. The van der Waals surface area contributed by atoms with Gasteiger partial charge in [0.15, 0.2) is 0 Å². The van der Waals surface area contributed by atoms with Gasteiger partial charge in [0.05, 0.1) is 13.2 Å². The number of rotatable bonds is 5. The molecular weight excluding hydrogens is 191 g/mol. The number of hydrogen-bond donors (Lipinski definition) is 5. The highest BCUT2D eigenvalue weighted by Gasteiger charge is 2.21. The van der Waals surface area contributed by atoms with Crippen LogP contribution in [-0.2, 0) is 9.09 Å². The van der Waals surface area contributed by atoms with Gasteiger partial charge < -0.3 is 25.1 Å². The minimum Gasteiger partial charge on any atom is -0.394 e. The predicted octanol–water partition coefficient (Wildman–Crippen LogP) is -2.19. The van der Waals surface area contributed by atoms with E-state index >= 15 is 0 Å². The molecule has 0 fully saturated rings. The van der Waals surface area contributed by atoms with Gasteiger partial charge in [-0.2, -0.15) is 0 Å². The molecule has 0 heterocycles. The zero-order valence-corrected chi connectivity index (χ0v) is 6.96. The lowest BCUT2D eigenvalue weighted by Gasteiger charge is -2.15. The van der Waals surface area contributed by atoms with E-state index in [-0.39, 0.29) is 0 Å². The zero-order chi connectivity index (χ0) is 9.78. The van der Waals surface area contributed by atoms with E-state index in [1.165, 1.54) is 0 Å². The Hall–Kier alpha value is -0.0100. The largest absolute Gasteiger partial charge is 0.469 e. The van der Waals surface area contributed by atoms with Gasteiger partial charge in [-0.3, -0.25) is 4.52 Å². The van der Waals surface area contributed by atoms with Gasteiger partial charge in [0.25, 0.3) is 0 Å². The van der Waals surface area contributed by atoms with Crippen molar-refractivity contribution in [3.05, 3.63) is 0 Å². The molecule has 0 rings (SSSR count). The number of hydrogen-bond acceptors (Lipinski definition) is 5. The Bertz CT molecular complexity index is 165. The summed E-state index contributed by atoms with van der Waals surface area (Å²) in [4.78, 5) is 16.3. The standard InChI is InChI=1S/C4H11O7P/c5-1-3(6)4(7)2-11-12(8,9)10/h3-7H,1-2H2,(H2,8,9,10)/t3-,4-/m0/s1. The fourth-order valence-corrected chi connectivity index (χ4v) is 0.753. The third-order valence-electron chi connectivity index (χ3n) is 1.04. The molecule has 0 bridgehead atoms. The van der Waals surface area contributed by atoms with Crippen molar-refractivity contribution in [1.29, 1.82) is 0 Å². The highest BCUT2D eigenvalue weighted by molar-refractivity contribution is 7.46. The Morgan fingerprint density at radius 3 is 2.08 bits per heavy atom. The summed E-state index contributed by atoms with van der Waals surface area (Å²) >= 11 is 0. The first kappa shape index (κ1) is 12.0. The average molecular weight is 202 g/mol. The van der Waals surface area contributed by atoms with E-state index < -0.39 is 33.2 Å². The van der Waals surface area contributed by atoms with Gasteiger partial charge in [-0.05, 0) is 0 Å². The molecule has 0 aliphatic carbocycles. The Kier molecular flexibility index (Phi) is 4.88. The molecule has 2 atom stereocenters. The van der Waals surface area contributed by atoms with Gasteiger partial charge in [0.1, 0.15) is 12.2 Å². The smallest absolute Gasteiger partial charge is 0.394 e. The van der Waals surface area contributed by atoms with Crippen LogP contribution in [0, 0.1) is 0 Å². The van der Waals surface area contributed by atoms with Crippen molar-refractivity contribution in [2.45, 2.75) is 12.2 Å². The van der Waals surface area contributed by atoms with Crippen LogP contribution >= 0.6 is 7.82 Å². The summed E-state index contributed by atoms with van der Waals surface area (Å²) in [5.41, 5.74) is 0. The molecule has 0 amide bonds. The average Bonchev–Trinajstić information content (AvgIpc) is 1.97. The van der Waals surface area contributed by atoms with E-state index in [2.05, 4.69) is 4.52 Å². The lowest BCUT2D eigenvalue weighted by Crippen LogP contribution is -2.32. The fourth-order valence-electron chi connectivity index (χ4n) is 0.406. The molecule has 0 radical (unpaired) electrons. The minimum atomic E-state index is -4.62. The van der Waals surface area contributed by atoms with Gasteiger partial charge >= 0.3 is 7.82 Å². The number of phosphoric ester groups is 1. The molecule has 5 N–H and O–H groups in total.